The van der Waals surface area contributed by atoms with E-state index in [1.807, 2.05) is 4.90 Å². The Balaban J connectivity index is 0.00000288. The minimum absolute atomic E-state index is 0. The molecule has 138 valence electrons. The summed E-state index contributed by atoms with van der Waals surface area (Å²) in [6, 6.07) is -0.532. The highest BCUT2D eigenvalue weighted by Gasteiger charge is 2.31. The number of carboxylic acids is 1. The number of aliphatic carboxylic acids is 1. The van der Waals surface area contributed by atoms with Crippen LogP contribution in [0.2, 0.25) is 0 Å². The summed E-state index contributed by atoms with van der Waals surface area (Å²) < 4.78 is 0. The fourth-order valence-corrected chi connectivity index (χ4v) is 3.31. The molecule has 24 heavy (non-hydrogen) atoms. The molecule has 0 saturated carbocycles. The molecule has 0 bridgehead atoms. The van der Waals surface area contributed by atoms with Crippen LogP contribution in [0.15, 0.2) is 0 Å². The smallest absolute Gasteiger partial charge is 0.320 e. The second-order valence-electron chi connectivity index (χ2n) is 6.36. The van der Waals surface area contributed by atoms with Gasteiger partial charge in [0.15, 0.2) is 0 Å². The quantitative estimate of drug-likeness (QED) is 0.656. The number of likely N-dealkylation sites (tertiary alicyclic amines) is 2. The van der Waals surface area contributed by atoms with Crippen LogP contribution in [0.3, 0.4) is 0 Å². The van der Waals surface area contributed by atoms with Crippen molar-refractivity contribution >= 4 is 30.2 Å². The van der Waals surface area contributed by atoms with Crippen molar-refractivity contribution < 1.29 is 19.5 Å². The van der Waals surface area contributed by atoms with E-state index in [1.165, 1.54) is 0 Å². The third-order valence-corrected chi connectivity index (χ3v) is 4.59. The summed E-state index contributed by atoms with van der Waals surface area (Å²) in [5.41, 5.74) is 0. The van der Waals surface area contributed by atoms with E-state index >= 15 is 0 Å². The van der Waals surface area contributed by atoms with Gasteiger partial charge in [-0.25, -0.2) is 0 Å². The van der Waals surface area contributed by atoms with Gasteiger partial charge < -0.3 is 15.3 Å². The van der Waals surface area contributed by atoms with E-state index in [4.69, 9.17) is 5.11 Å². The maximum absolute atomic E-state index is 11.9. The molecule has 0 aromatic rings. The third kappa shape index (κ3) is 6.28. The monoisotopic (exact) mass is 361 g/mol. The zero-order valence-electron chi connectivity index (χ0n) is 14.0. The highest BCUT2D eigenvalue weighted by atomic mass is 35.5. The van der Waals surface area contributed by atoms with Crippen LogP contribution in [-0.2, 0) is 14.4 Å². The largest absolute Gasteiger partial charge is 0.480 e. The summed E-state index contributed by atoms with van der Waals surface area (Å²) in [5.74, 6) is -0.773. The minimum atomic E-state index is -0.852. The molecule has 2 aliphatic heterocycles. The fourth-order valence-electron chi connectivity index (χ4n) is 3.31. The Morgan fingerprint density at radius 3 is 2.71 bits per heavy atom. The van der Waals surface area contributed by atoms with Crippen molar-refractivity contribution in [1.82, 2.24) is 15.1 Å². The summed E-state index contributed by atoms with van der Waals surface area (Å²) in [4.78, 5) is 38.4. The molecule has 2 N–H and O–H groups in total. The number of carboxylic acid groups (broad SMARTS) is 1. The molecule has 8 heteroatoms. The van der Waals surface area contributed by atoms with Gasteiger partial charge in [-0.05, 0) is 38.6 Å². The lowest BCUT2D eigenvalue weighted by Gasteiger charge is -2.21. The van der Waals surface area contributed by atoms with Gasteiger partial charge in [0.25, 0.3) is 0 Å². The van der Waals surface area contributed by atoms with Crippen molar-refractivity contribution in [2.75, 3.05) is 32.7 Å². The highest BCUT2D eigenvalue weighted by molar-refractivity contribution is 5.85. The van der Waals surface area contributed by atoms with Crippen LogP contribution in [0.4, 0.5) is 0 Å². The lowest BCUT2D eigenvalue weighted by atomic mass is 10.2. The second kappa shape index (κ2) is 10.5. The Morgan fingerprint density at radius 2 is 1.96 bits per heavy atom. The zero-order chi connectivity index (χ0) is 16.7. The molecular weight excluding hydrogens is 334 g/mol. The van der Waals surface area contributed by atoms with Gasteiger partial charge in [0, 0.05) is 26.1 Å². The molecule has 0 aromatic carbocycles. The van der Waals surface area contributed by atoms with Crippen LogP contribution in [0.25, 0.3) is 0 Å². The van der Waals surface area contributed by atoms with E-state index in [1.54, 1.807) is 4.90 Å². The first-order valence-corrected chi connectivity index (χ1v) is 8.59. The average Bonchev–Trinajstić information content (AvgIpc) is 2.87. The Morgan fingerprint density at radius 1 is 1.17 bits per heavy atom. The van der Waals surface area contributed by atoms with Crippen molar-refractivity contribution in [3.05, 3.63) is 0 Å². The normalized spacial score (nSPS) is 21.9. The van der Waals surface area contributed by atoms with Crippen LogP contribution in [-0.4, -0.2) is 71.5 Å². The van der Waals surface area contributed by atoms with Crippen molar-refractivity contribution in [2.45, 2.75) is 51.0 Å². The molecule has 2 aliphatic rings. The molecule has 0 aliphatic carbocycles. The van der Waals surface area contributed by atoms with Gasteiger partial charge in [-0.1, -0.05) is 6.42 Å². The van der Waals surface area contributed by atoms with Gasteiger partial charge in [-0.3, -0.25) is 19.3 Å². The number of hydrogen-bond donors (Lipinski definition) is 2. The summed E-state index contributed by atoms with van der Waals surface area (Å²) in [6.07, 6.45) is 5.95. The van der Waals surface area contributed by atoms with Crippen LogP contribution in [0.5, 0.6) is 0 Å². The average molecular weight is 362 g/mol. The topological polar surface area (TPSA) is 89.9 Å². The molecule has 2 heterocycles. The molecule has 0 radical (unpaired) electrons. The lowest BCUT2D eigenvalue weighted by Crippen LogP contribution is -2.43. The van der Waals surface area contributed by atoms with Crippen molar-refractivity contribution in [3.8, 4) is 0 Å². The van der Waals surface area contributed by atoms with Crippen LogP contribution < -0.4 is 5.32 Å². The Hall–Kier alpha value is -1.34. The number of hydrogen-bond acceptors (Lipinski definition) is 4. The molecule has 0 spiro atoms. The van der Waals surface area contributed by atoms with E-state index in [0.717, 1.165) is 38.6 Å². The van der Waals surface area contributed by atoms with E-state index in [9.17, 15) is 14.4 Å². The maximum Gasteiger partial charge on any atom is 0.320 e. The second-order valence-corrected chi connectivity index (χ2v) is 6.36. The predicted molar refractivity (Wildman–Crippen MR) is 92.2 cm³/mol. The van der Waals surface area contributed by atoms with Gasteiger partial charge in [0.1, 0.15) is 6.04 Å². The standard InChI is InChI=1S/C16H27N3O4.ClH/c20-14(12-19-10-4-6-13(19)16(22)23)17-8-5-11-18-9-3-1-2-7-15(18)21;/h13H,1-12H2,(H,17,20)(H,22,23);1H/t13-;/m0./s1. The number of nitrogens with zero attached hydrogens (tertiary/aromatic N) is 2. The number of carbonyl (C=O) groups is 3. The molecule has 0 unspecified atom stereocenters. The number of nitrogens with one attached hydrogen (secondary N) is 1. The van der Waals surface area contributed by atoms with Gasteiger partial charge in [0.05, 0.1) is 6.54 Å². The first kappa shape index (κ1) is 20.7. The SMILES string of the molecule is Cl.O=C(CN1CCC[C@H]1C(=O)O)NCCCN1CCCCCC1=O. The van der Waals surface area contributed by atoms with Crippen LogP contribution >= 0.6 is 12.4 Å². The summed E-state index contributed by atoms with van der Waals surface area (Å²) in [7, 11) is 0. The Kier molecular flexibility index (Phi) is 9.07. The van der Waals surface area contributed by atoms with Gasteiger partial charge >= 0.3 is 5.97 Å². The number of amides is 2. The maximum atomic E-state index is 11.9. The summed E-state index contributed by atoms with van der Waals surface area (Å²) in [6.45, 7) is 2.82. The third-order valence-electron chi connectivity index (χ3n) is 4.59. The number of halogens is 1. The van der Waals surface area contributed by atoms with Crippen molar-refractivity contribution in [3.63, 3.8) is 0 Å². The molecule has 2 rings (SSSR count). The van der Waals surface area contributed by atoms with E-state index in [0.29, 0.717) is 32.5 Å². The minimum Gasteiger partial charge on any atom is -0.480 e. The lowest BCUT2D eigenvalue weighted by molar-refractivity contribution is -0.142. The van der Waals surface area contributed by atoms with Gasteiger partial charge in [-0.15, -0.1) is 12.4 Å². The molecule has 2 amide bonds. The van der Waals surface area contributed by atoms with E-state index in [2.05, 4.69) is 5.32 Å². The first-order chi connectivity index (χ1) is 11.1. The van der Waals surface area contributed by atoms with Crippen LogP contribution in [0, 0.1) is 0 Å². The highest BCUT2D eigenvalue weighted by Crippen LogP contribution is 2.16. The van der Waals surface area contributed by atoms with E-state index < -0.39 is 12.0 Å². The van der Waals surface area contributed by atoms with Gasteiger partial charge in [0.2, 0.25) is 11.8 Å². The molecule has 0 aromatic heterocycles. The van der Waals surface area contributed by atoms with Crippen molar-refractivity contribution in [1.29, 1.82) is 0 Å². The number of carbonyl (C=O) groups excluding carboxylic acids is 2. The van der Waals surface area contributed by atoms with E-state index in [-0.39, 0.29) is 30.8 Å². The Bertz CT molecular complexity index is 447. The zero-order valence-corrected chi connectivity index (χ0v) is 14.9. The molecule has 7 nitrogen and oxygen atoms in total. The van der Waals surface area contributed by atoms with Crippen molar-refractivity contribution in [2.24, 2.45) is 0 Å². The summed E-state index contributed by atoms with van der Waals surface area (Å²) >= 11 is 0. The molecule has 1 atom stereocenters. The summed E-state index contributed by atoms with van der Waals surface area (Å²) in [5, 5.41) is 11.9. The molecule has 2 fully saturated rings. The molecule has 2 saturated heterocycles. The first-order valence-electron chi connectivity index (χ1n) is 8.59. The predicted octanol–water partition coefficient (Wildman–Crippen LogP) is 0.866. The fraction of sp³-hybridized carbons (Fsp3) is 0.812. The van der Waals surface area contributed by atoms with Gasteiger partial charge in [-0.2, -0.15) is 0 Å². The molecular formula is C16H28ClN3O4. The number of rotatable bonds is 7. The van der Waals surface area contributed by atoms with Crippen LogP contribution in [0.1, 0.15) is 44.9 Å². The Labute approximate surface area is 149 Å².